The monoisotopic (exact) mass is 310 g/mol. The van der Waals surface area contributed by atoms with Crippen LogP contribution in [0.25, 0.3) is 0 Å². The predicted octanol–water partition coefficient (Wildman–Crippen LogP) is 3.46. The number of nitrogens with zero attached hydrogens (tertiary/aromatic N) is 2. The molecule has 23 heavy (non-hydrogen) atoms. The van der Waals surface area contributed by atoms with Gasteiger partial charge in [0.25, 0.3) is 0 Å². The molecule has 1 atom stereocenters. The average Bonchev–Trinajstić information content (AvgIpc) is 2.50. The lowest BCUT2D eigenvalue weighted by Gasteiger charge is -2.42. The summed E-state index contributed by atoms with van der Waals surface area (Å²) < 4.78 is 0. The van der Waals surface area contributed by atoms with E-state index < -0.39 is 0 Å². The molecule has 1 heterocycles. The Balaban J connectivity index is 1.95. The quantitative estimate of drug-likeness (QED) is 0.924. The molecule has 1 N–H and O–H groups in total. The normalized spacial score (nSPS) is 17.1. The fourth-order valence-corrected chi connectivity index (χ4v) is 3.34. The molecule has 0 spiro atoms. The summed E-state index contributed by atoms with van der Waals surface area (Å²) in [6.07, 6.45) is 0. The molecule has 0 aromatic heterocycles. The van der Waals surface area contributed by atoms with Crippen LogP contribution in [0, 0.1) is 6.92 Å². The van der Waals surface area contributed by atoms with Crippen LogP contribution in [0.5, 0.6) is 5.75 Å². The minimum atomic E-state index is 0.0741. The highest BCUT2D eigenvalue weighted by Gasteiger charge is 2.30. The highest BCUT2D eigenvalue weighted by atomic mass is 16.3. The van der Waals surface area contributed by atoms with Gasteiger partial charge in [0.15, 0.2) is 0 Å². The molecule has 3 rings (SSSR count). The number of benzene rings is 2. The van der Waals surface area contributed by atoms with E-state index in [1.807, 2.05) is 42.2 Å². The number of aryl methyl sites for hydroxylation is 1. The topological polar surface area (TPSA) is 43.8 Å². The summed E-state index contributed by atoms with van der Waals surface area (Å²) in [7, 11) is 0. The van der Waals surface area contributed by atoms with E-state index in [0.29, 0.717) is 5.75 Å². The molecule has 0 saturated heterocycles. The summed E-state index contributed by atoms with van der Waals surface area (Å²) in [4.78, 5) is 16.2. The van der Waals surface area contributed by atoms with Crippen LogP contribution in [0.4, 0.5) is 11.4 Å². The van der Waals surface area contributed by atoms with Crippen molar-refractivity contribution in [3.63, 3.8) is 0 Å². The zero-order chi connectivity index (χ0) is 16.6. The summed E-state index contributed by atoms with van der Waals surface area (Å²) in [5.74, 6) is 0.397. The van der Waals surface area contributed by atoms with Gasteiger partial charge in [0.1, 0.15) is 5.75 Å². The van der Waals surface area contributed by atoms with Crippen LogP contribution in [0.2, 0.25) is 0 Å². The predicted molar refractivity (Wildman–Crippen MR) is 93.0 cm³/mol. The van der Waals surface area contributed by atoms with E-state index in [-0.39, 0.29) is 11.9 Å². The minimum Gasteiger partial charge on any atom is -0.508 e. The van der Waals surface area contributed by atoms with E-state index in [9.17, 15) is 9.90 Å². The maximum atomic E-state index is 12.0. The molecule has 1 amide bonds. The third kappa shape index (κ3) is 2.89. The molecule has 1 aliphatic heterocycles. The van der Waals surface area contributed by atoms with Crippen molar-refractivity contribution in [1.29, 1.82) is 0 Å². The van der Waals surface area contributed by atoms with Gasteiger partial charge < -0.3 is 14.9 Å². The first-order valence-electron chi connectivity index (χ1n) is 7.89. The third-order valence-corrected chi connectivity index (χ3v) is 4.38. The van der Waals surface area contributed by atoms with Gasteiger partial charge in [-0.25, -0.2) is 0 Å². The zero-order valence-corrected chi connectivity index (χ0v) is 13.8. The highest BCUT2D eigenvalue weighted by molar-refractivity contribution is 5.97. The first-order chi connectivity index (χ1) is 11.0. The van der Waals surface area contributed by atoms with Crippen LogP contribution in [-0.2, 0) is 11.3 Å². The Morgan fingerprint density at radius 2 is 1.91 bits per heavy atom. The number of phenolic OH excluding ortho intramolecular Hbond substituents is 1. The standard InChI is InChI=1S/C19H22N2O2/c1-13-10-16(8-9-19(13)23)12-20-11-14(2)21(15(3)22)18-7-5-4-6-17(18)20/h4-10,14,23H,11-12H2,1-3H3/t14-/m0/s1. The number of hydrogen-bond donors (Lipinski definition) is 1. The summed E-state index contributed by atoms with van der Waals surface area (Å²) >= 11 is 0. The van der Waals surface area contributed by atoms with Crippen molar-refractivity contribution in [3.05, 3.63) is 53.6 Å². The second-order valence-electron chi connectivity index (χ2n) is 6.23. The summed E-state index contributed by atoms with van der Waals surface area (Å²) in [5.41, 5.74) is 4.07. The van der Waals surface area contributed by atoms with Crippen molar-refractivity contribution in [2.24, 2.45) is 0 Å². The van der Waals surface area contributed by atoms with Gasteiger partial charge in [0, 0.05) is 20.0 Å². The van der Waals surface area contributed by atoms with E-state index in [1.54, 1.807) is 13.0 Å². The minimum absolute atomic E-state index is 0.0741. The maximum absolute atomic E-state index is 12.0. The summed E-state index contributed by atoms with van der Waals surface area (Å²) in [5, 5.41) is 9.69. The number of aromatic hydroxyl groups is 1. The fraction of sp³-hybridized carbons (Fsp3) is 0.316. The molecule has 4 heteroatoms. The Kier molecular flexibility index (Phi) is 3.99. The molecule has 0 bridgehead atoms. The van der Waals surface area contributed by atoms with Gasteiger partial charge in [-0.15, -0.1) is 0 Å². The van der Waals surface area contributed by atoms with Gasteiger partial charge >= 0.3 is 0 Å². The van der Waals surface area contributed by atoms with Gasteiger partial charge in [-0.05, 0) is 43.2 Å². The average molecular weight is 310 g/mol. The van der Waals surface area contributed by atoms with E-state index in [2.05, 4.69) is 17.9 Å². The number of rotatable bonds is 2. The fourth-order valence-electron chi connectivity index (χ4n) is 3.34. The van der Waals surface area contributed by atoms with Gasteiger partial charge in [-0.3, -0.25) is 4.79 Å². The van der Waals surface area contributed by atoms with Gasteiger partial charge in [-0.2, -0.15) is 0 Å². The lowest BCUT2D eigenvalue weighted by Crippen LogP contribution is -2.49. The Labute approximate surface area is 137 Å². The molecule has 0 saturated carbocycles. The van der Waals surface area contributed by atoms with Gasteiger partial charge in [-0.1, -0.05) is 24.3 Å². The summed E-state index contributed by atoms with van der Waals surface area (Å²) in [6, 6.07) is 13.9. The van der Waals surface area contributed by atoms with Gasteiger partial charge in [0.05, 0.1) is 17.4 Å². The Hall–Kier alpha value is -2.49. The number of fused-ring (bicyclic) bond motifs is 1. The number of para-hydroxylation sites is 2. The van der Waals surface area contributed by atoms with Crippen molar-refractivity contribution in [2.45, 2.75) is 33.4 Å². The van der Waals surface area contributed by atoms with Crippen molar-refractivity contribution in [2.75, 3.05) is 16.3 Å². The molecule has 0 radical (unpaired) electrons. The number of carbonyl (C=O) groups is 1. The Bertz CT molecular complexity index is 742. The molecule has 2 aromatic carbocycles. The molecule has 0 fully saturated rings. The maximum Gasteiger partial charge on any atom is 0.224 e. The number of phenols is 1. The first-order valence-corrected chi connectivity index (χ1v) is 7.89. The molecule has 4 nitrogen and oxygen atoms in total. The number of anilines is 2. The van der Waals surface area contributed by atoms with Crippen molar-refractivity contribution in [3.8, 4) is 5.75 Å². The number of amides is 1. The molecule has 1 aliphatic rings. The van der Waals surface area contributed by atoms with Crippen LogP contribution in [0.3, 0.4) is 0 Å². The van der Waals surface area contributed by atoms with Gasteiger partial charge in [0.2, 0.25) is 5.91 Å². The van der Waals surface area contributed by atoms with Crippen molar-refractivity contribution in [1.82, 2.24) is 0 Å². The SMILES string of the molecule is CC(=O)N1c2ccccc2N(Cc2ccc(O)c(C)c2)C[C@@H]1C. The highest BCUT2D eigenvalue weighted by Crippen LogP contribution is 2.36. The molecular formula is C19H22N2O2. The first kappa shape index (κ1) is 15.4. The molecule has 2 aromatic rings. The smallest absolute Gasteiger partial charge is 0.224 e. The van der Waals surface area contributed by atoms with Crippen LogP contribution >= 0.6 is 0 Å². The number of carbonyl (C=O) groups excluding carboxylic acids is 1. The lowest BCUT2D eigenvalue weighted by atomic mass is 10.1. The number of hydrogen-bond acceptors (Lipinski definition) is 3. The molecule has 0 unspecified atom stereocenters. The second-order valence-corrected chi connectivity index (χ2v) is 6.23. The van der Waals surface area contributed by atoms with Crippen LogP contribution < -0.4 is 9.80 Å². The Morgan fingerprint density at radius 1 is 1.22 bits per heavy atom. The largest absolute Gasteiger partial charge is 0.508 e. The zero-order valence-electron chi connectivity index (χ0n) is 13.8. The van der Waals surface area contributed by atoms with Crippen LogP contribution in [0.15, 0.2) is 42.5 Å². The van der Waals surface area contributed by atoms with E-state index in [0.717, 1.165) is 35.6 Å². The lowest BCUT2D eigenvalue weighted by molar-refractivity contribution is -0.117. The Morgan fingerprint density at radius 3 is 2.57 bits per heavy atom. The van der Waals surface area contributed by atoms with Crippen LogP contribution in [-0.4, -0.2) is 23.6 Å². The third-order valence-electron chi connectivity index (χ3n) is 4.38. The molecule has 0 aliphatic carbocycles. The van der Waals surface area contributed by atoms with E-state index in [1.165, 1.54) is 0 Å². The van der Waals surface area contributed by atoms with Crippen molar-refractivity contribution < 1.29 is 9.90 Å². The summed E-state index contributed by atoms with van der Waals surface area (Å²) in [6.45, 7) is 7.15. The van der Waals surface area contributed by atoms with E-state index >= 15 is 0 Å². The van der Waals surface area contributed by atoms with Crippen LogP contribution in [0.1, 0.15) is 25.0 Å². The molecular weight excluding hydrogens is 288 g/mol. The molecule has 120 valence electrons. The van der Waals surface area contributed by atoms with E-state index in [4.69, 9.17) is 0 Å². The second kappa shape index (κ2) is 5.95. The van der Waals surface area contributed by atoms with Crippen molar-refractivity contribution >= 4 is 17.3 Å².